The van der Waals surface area contributed by atoms with E-state index >= 15 is 0 Å². The number of thiophene rings is 1. The van der Waals surface area contributed by atoms with Crippen LogP contribution in [0, 0.1) is 13.8 Å². The third-order valence-electron chi connectivity index (χ3n) is 16.3. The standard InChI is InChI=1S/C60H65BN2S/c1-36-30-50-53-51(31-36)63(48-21-17-16-20-41(48)40-19-15-14-18-37(40)2)49-34-45-44(58(8,9)27-28-59(45,10)11)33-47(49)61(53)55-54(62(50)39-24-22-38(23-25-39)56(3,4)5)42-32-43-46(35-52(42)64-55)60(12,13)29-26-57(43,6)7/h14-25,30-35H,26-29H2,1-13H3. The SMILES string of the molecule is Cc1cc2c3c(c1)N(c1ccc(C(C)(C)C)cc1)c1c(sc4cc5c(cc14)C(C)(C)CCC5(C)C)B3c1cc3c(cc1N2c1ccccc1-c1ccccc1C)C(C)(C)CCC3(C)C. The molecule has 2 aliphatic carbocycles. The van der Waals surface area contributed by atoms with Crippen LogP contribution in [-0.4, -0.2) is 6.71 Å². The van der Waals surface area contributed by atoms with Crippen molar-refractivity contribution in [1.82, 2.24) is 0 Å². The van der Waals surface area contributed by atoms with Crippen molar-refractivity contribution in [2.75, 3.05) is 9.80 Å². The Morgan fingerprint density at radius 1 is 0.531 bits per heavy atom. The molecule has 324 valence electrons. The number of benzene rings is 6. The molecule has 0 saturated heterocycles. The number of hydrogen-bond donors (Lipinski definition) is 0. The number of fused-ring (bicyclic) bond motifs is 8. The molecule has 6 aromatic carbocycles. The smallest absolute Gasteiger partial charge is 0.264 e. The fraction of sp³-hybridized carbons (Fsp3) is 0.367. The number of para-hydroxylation sites is 1. The Kier molecular flexibility index (Phi) is 8.94. The van der Waals surface area contributed by atoms with Crippen molar-refractivity contribution in [3.63, 3.8) is 0 Å². The first-order valence-corrected chi connectivity index (χ1v) is 24.8. The molecule has 0 saturated carbocycles. The van der Waals surface area contributed by atoms with E-state index in [1.54, 1.807) is 0 Å². The summed E-state index contributed by atoms with van der Waals surface area (Å²) in [6.45, 7) is 31.5. The van der Waals surface area contributed by atoms with E-state index in [-0.39, 0.29) is 33.8 Å². The molecule has 4 heteroatoms. The van der Waals surface area contributed by atoms with E-state index in [1.165, 1.54) is 136 Å². The van der Waals surface area contributed by atoms with Gasteiger partial charge in [-0.2, -0.15) is 0 Å². The highest BCUT2D eigenvalue weighted by atomic mass is 32.1. The van der Waals surface area contributed by atoms with Crippen molar-refractivity contribution in [3.05, 3.63) is 148 Å². The lowest BCUT2D eigenvalue weighted by Gasteiger charge is -2.47. The second-order valence-corrected chi connectivity index (χ2v) is 24.7. The Morgan fingerprint density at radius 2 is 1.06 bits per heavy atom. The molecule has 1 aromatic heterocycles. The van der Waals surface area contributed by atoms with E-state index in [0.29, 0.717) is 0 Å². The maximum Gasteiger partial charge on any atom is 0.264 e. The zero-order chi connectivity index (χ0) is 45.0. The number of nitrogens with zero attached hydrogens (tertiary/aromatic N) is 2. The Bertz CT molecular complexity index is 3080. The second kappa shape index (κ2) is 13.7. The van der Waals surface area contributed by atoms with Gasteiger partial charge in [0.05, 0.1) is 11.4 Å². The Hall–Kier alpha value is -5.06. The summed E-state index contributed by atoms with van der Waals surface area (Å²) in [5.74, 6) is 0. The molecule has 2 aliphatic heterocycles. The van der Waals surface area contributed by atoms with Crippen LogP contribution in [0.3, 0.4) is 0 Å². The monoisotopic (exact) mass is 856 g/mol. The zero-order valence-corrected chi connectivity index (χ0v) is 41.4. The summed E-state index contributed by atoms with van der Waals surface area (Å²) in [5.41, 5.74) is 23.5. The quantitative estimate of drug-likeness (QED) is 0.163. The maximum absolute atomic E-state index is 2.70. The molecular weight excluding hydrogens is 792 g/mol. The number of aryl methyl sites for hydroxylation is 2. The molecule has 0 bridgehead atoms. The summed E-state index contributed by atoms with van der Waals surface area (Å²) < 4.78 is 2.87. The van der Waals surface area contributed by atoms with E-state index in [0.717, 1.165) is 0 Å². The summed E-state index contributed by atoms with van der Waals surface area (Å²) in [7, 11) is 0. The minimum atomic E-state index is 0.0574. The van der Waals surface area contributed by atoms with Gasteiger partial charge < -0.3 is 9.80 Å². The zero-order valence-electron chi connectivity index (χ0n) is 40.6. The summed E-state index contributed by atoms with van der Waals surface area (Å²) in [6, 6.07) is 43.3. The van der Waals surface area contributed by atoms with Crippen LogP contribution in [0.4, 0.5) is 34.1 Å². The number of rotatable bonds is 3. The Labute approximate surface area is 387 Å². The van der Waals surface area contributed by atoms with Gasteiger partial charge in [-0.3, -0.25) is 0 Å². The first kappa shape index (κ1) is 41.6. The van der Waals surface area contributed by atoms with Crippen LogP contribution in [0.2, 0.25) is 0 Å². The first-order chi connectivity index (χ1) is 30.2. The average molecular weight is 857 g/mol. The lowest BCUT2D eigenvalue weighted by atomic mass is 9.35. The first-order valence-electron chi connectivity index (χ1n) is 24.0. The second-order valence-electron chi connectivity index (χ2n) is 23.7. The van der Waals surface area contributed by atoms with Crippen molar-refractivity contribution < 1.29 is 0 Å². The van der Waals surface area contributed by atoms with Gasteiger partial charge in [0, 0.05) is 43.2 Å². The van der Waals surface area contributed by atoms with Crippen LogP contribution in [0.25, 0.3) is 21.2 Å². The van der Waals surface area contributed by atoms with Crippen LogP contribution in [-0.2, 0) is 27.1 Å². The number of hydrogen-bond acceptors (Lipinski definition) is 3. The molecule has 0 atom stereocenters. The van der Waals surface area contributed by atoms with Crippen LogP contribution in [0.1, 0.15) is 141 Å². The largest absolute Gasteiger partial charge is 0.311 e. The van der Waals surface area contributed by atoms with E-state index in [1.807, 2.05) is 0 Å². The average Bonchev–Trinajstić information content (AvgIpc) is 3.61. The summed E-state index contributed by atoms with van der Waals surface area (Å²) in [4.78, 5) is 5.36. The van der Waals surface area contributed by atoms with E-state index in [4.69, 9.17) is 0 Å². The third kappa shape index (κ3) is 6.10. The minimum absolute atomic E-state index is 0.0574. The van der Waals surface area contributed by atoms with Crippen LogP contribution >= 0.6 is 11.3 Å². The van der Waals surface area contributed by atoms with Gasteiger partial charge in [0.15, 0.2) is 0 Å². The molecule has 11 rings (SSSR count). The molecule has 4 aliphatic rings. The van der Waals surface area contributed by atoms with Gasteiger partial charge in [-0.05, 0) is 171 Å². The molecule has 3 heterocycles. The minimum Gasteiger partial charge on any atom is -0.311 e. The van der Waals surface area contributed by atoms with E-state index < -0.39 is 0 Å². The molecule has 0 fully saturated rings. The normalized spacial score (nSPS) is 18.5. The predicted octanol–water partition coefficient (Wildman–Crippen LogP) is 15.3. The van der Waals surface area contributed by atoms with Crippen LogP contribution in [0.5, 0.6) is 0 Å². The van der Waals surface area contributed by atoms with E-state index in [9.17, 15) is 0 Å². The lowest BCUT2D eigenvalue weighted by Crippen LogP contribution is -2.61. The van der Waals surface area contributed by atoms with Gasteiger partial charge in [0.2, 0.25) is 0 Å². The molecule has 2 nitrogen and oxygen atoms in total. The molecule has 0 radical (unpaired) electrons. The van der Waals surface area contributed by atoms with E-state index in [2.05, 4.69) is 220 Å². The van der Waals surface area contributed by atoms with Crippen molar-refractivity contribution >= 4 is 78.0 Å². The molecule has 0 amide bonds. The molecule has 0 N–H and O–H groups in total. The van der Waals surface area contributed by atoms with Gasteiger partial charge in [-0.25, -0.2) is 0 Å². The van der Waals surface area contributed by atoms with Crippen molar-refractivity contribution in [2.24, 2.45) is 0 Å². The highest BCUT2D eigenvalue weighted by Gasteiger charge is 2.49. The van der Waals surface area contributed by atoms with Crippen LogP contribution < -0.4 is 25.5 Å². The number of anilines is 6. The molecule has 0 spiro atoms. The summed E-state index contributed by atoms with van der Waals surface area (Å²) in [5, 5.41) is 1.39. The predicted molar refractivity (Wildman–Crippen MR) is 280 cm³/mol. The van der Waals surface area contributed by atoms with Crippen molar-refractivity contribution in [2.45, 2.75) is 143 Å². The Morgan fingerprint density at radius 3 is 1.67 bits per heavy atom. The van der Waals surface area contributed by atoms with Gasteiger partial charge >= 0.3 is 0 Å². The highest BCUT2D eigenvalue weighted by molar-refractivity contribution is 7.33. The van der Waals surface area contributed by atoms with Crippen molar-refractivity contribution in [3.8, 4) is 11.1 Å². The highest BCUT2D eigenvalue weighted by Crippen LogP contribution is 2.55. The molecule has 64 heavy (non-hydrogen) atoms. The van der Waals surface area contributed by atoms with Gasteiger partial charge in [-0.1, -0.05) is 137 Å². The van der Waals surface area contributed by atoms with Gasteiger partial charge in [0.1, 0.15) is 0 Å². The third-order valence-corrected chi connectivity index (χ3v) is 17.5. The Balaban J connectivity index is 1.28. The molecular formula is C60H65BN2S. The van der Waals surface area contributed by atoms with Gasteiger partial charge in [-0.15, -0.1) is 11.3 Å². The topological polar surface area (TPSA) is 6.48 Å². The molecule has 7 aromatic rings. The fourth-order valence-electron chi connectivity index (χ4n) is 12.1. The fourth-order valence-corrected chi connectivity index (χ4v) is 13.5. The van der Waals surface area contributed by atoms with Crippen LogP contribution in [0.15, 0.2) is 109 Å². The maximum atomic E-state index is 2.70. The summed E-state index contributed by atoms with van der Waals surface area (Å²) in [6.07, 6.45) is 4.76. The molecule has 0 unspecified atom stereocenters. The van der Waals surface area contributed by atoms with Gasteiger partial charge in [0.25, 0.3) is 6.71 Å². The van der Waals surface area contributed by atoms with Crippen molar-refractivity contribution in [1.29, 1.82) is 0 Å². The lowest BCUT2D eigenvalue weighted by molar-refractivity contribution is 0.332. The summed E-state index contributed by atoms with van der Waals surface area (Å²) >= 11 is 2.06.